The smallest absolute Gasteiger partial charge is 0.137 e. The molecule has 2 nitrogen and oxygen atoms in total. The molecule has 5 heavy (non-hydrogen) atoms. The van der Waals surface area contributed by atoms with Gasteiger partial charge in [0.05, 0.1) is 0 Å². The molecule has 0 atom stereocenters. The van der Waals surface area contributed by atoms with Crippen molar-refractivity contribution in [2.75, 3.05) is 6.26 Å². The van der Waals surface area contributed by atoms with Crippen LogP contribution in [0.3, 0.4) is 0 Å². The van der Waals surface area contributed by atoms with Crippen LogP contribution in [0.5, 0.6) is 0 Å². The molecule has 0 aromatic heterocycles. The van der Waals surface area contributed by atoms with Gasteiger partial charge in [-0.3, -0.25) is 4.70 Å². The van der Waals surface area contributed by atoms with Crippen LogP contribution < -0.4 is 0 Å². The zero-order valence-electron chi connectivity index (χ0n) is 2.67. The normalized spacial score (nSPS) is 6.80. The van der Waals surface area contributed by atoms with Gasteiger partial charge >= 0.3 is 0 Å². The highest BCUT2D eigenvalue weighted by Gasteiger charge is 1.44. The second-order valence-electron chi connectivity index (χ2n) is 0.440. The fourth-order valence-electron chi connectivity index (χ4n) is 0. The predicted molar refractivity (Wildman–Crippen MR) is 18.7 cm³/mol. The van der Waals surface area contributed by atoms with E-state index in [2.05, 4.69) is 0 Å². The van der Waals surface area contributed by atoms with Crippen LogP contribution in [-0.2, 0) is 10.7 Å². The highest BCUT2D eigenvalue weighted by Crippen LogP contribution is 1.29. The minimum Gasteiger partial charge on any atom is -0.269 e. The standard InChI is InChI=1S/CH4O2S.FH/c1-4(2)3;/h4H,1H3;1H. The molecule has 0 bridgehead atoms. The summed E-state index contributed by atoms with van der Waals surface area (Å²) in [7, 11) is -2.12. The summed E-state index contributed by atoms with van der Waals surface area (Å²) < 4.78 is 18.1. The van der Waals surface area contributed by atoms with Crippen molar-refractivity contribution >= 4 is 10.7 Å². The maximum Gasteiger partial charge on any atom is 0.137 e. The van der Waals surface area contributed by atoms with Gasteiger partial charge in [-0.1, -0.05) is 0 Å². The third kappa shape index (κ3) is 952. The number of halogens is 1. The highest BCUT2D eigenvalue weighted by molar-refractivity contribution is 7.71. The third-order valence-electron chi connectivity index (χ3n) is 0. The topological polar surface area (TPSA) is 34.1 Å². The van der Waals surface area contributed by atoms with Crippen LogP contribution in [0.25, 0.3) is 0 Å². The molecule has 0 unspecified atom stereocenters. The molecule has 0 N–H and O–H groups in total. The Morgan fingerprint density at radius 1 is 1.40 bits per heavy atom. The van der Waals surface area contributed by atoms with Gasteiger partial charge in [0.15, 0.2) is 0 Å². The van der Waals surface area contributed by atoms with Crippen LogP contribution >= 0.6 is 0 Å². The summed E-state index contributed by atoms with van der Waals surface area (Å²) in [5.74, 6) is 0. The Hall–Kier alpha value is -0.120. The fourth-order valence-corrected chi connectivity index (χ4v) is 0. The fraction of sp³-hybridized carbons (Fsp3) is 1.00. The Balaban J connectivity index is 0. The van der Waals surface area contributed by atoms with Crippen molar-refractivity contribution in [2.45, 2.75) is 0 Å². The Labute approximate surface area is 31.1 Å². The van der Waals surface area contributed by atoms with Gasteiger partial charge in [0.25, 0.3) is 0 Å². The van der Waals surface area contributed by atoms with Crippen molar-refractivity contribution in [1.29, 1.82) is 0 Å². The van der Waals surface area contributed by atoms with Crippen LogP contribution in [-0.4, -0.2) is 14.7 Å². The van der Waals surface area contributed by atoms with Crippen molar-refractivity contribution in [1.82, 2.24) is 0 Å². The Morgan fingerprint density at radius 2 is 1.40 bits per heavy atom. The first-order chi connectivity index (χ1) is 1.73. The summed E-state index contributed by atoms with van der Waals surface area (Å²) in [5, 5.41) is 0. The zero-order chi connectivity index (χ0) is 3.58. The van der Waals surface area contributed by atoms with E-state index in [-0.39, 0.29) is 4.70 Å². The molecule has 0 saturated carbocycles. The van der Waals surface area contributed by atoms with Crippen molar-refractivity contribution in [3.63, 3.8) is 0 Å². The molecule has 0 aromatic rings. The number of thiol groups is 1. The molecule has 0 aliphatic heterocycles. The van der Waals surface area contributed by atoms with Gasteiger partial charge in [-0.05, 0) is 0 Å². The first kappa shape index (κ1) is 8.86. The van der Waals surface area contributed by atoms with E-state index < -0.39 is 10.7 Å². The molecule has 0 amide bonds. The van der Waals surface area contributed by atoms with Crippen LogP contribution in [0.1, 0.15) is 0 Å². The first-order valence-corrected chi connectivity index (χ1v) is 2.44. The van der Waals surface area contributed by atoms with Crippen LogP contribution in [0, 0.1) is 0 Å². The summed E-state index contributed by atoms with van der Waals surface area (Å²) in [5.41, 5.74) is 0. The second-order valence-corrected chi connectivity index (χ2v) is 1.32. The molecule has 0 spiro atoms. The minimum atomic E-state index is -2.12. The van der Waals surface area contributed by atoms with Gasteiger partial charge in [0.1, 0.15) is 10.7 Å². The molecule has 0 saturated heterocycles. The number of rotatable bonds is 0. The maximum atomic E-state index is 9.04. The van der Waals surface area contributed by atoms with Crippen molar-refractivity contribution in [3.8, 4) is 0 Å². The van der Waals surface area contributed by atoms with Gasteiger partial charge in [-0.2, -0.15) is 0 Å². The lowest BCUT2D eigenvalue weighted by molar-refractivity contribution is 0.619. The van der Waals surface area contributed by atoms with Gasteiger partial charge in [0.2, 0.25) is 0 Å². The van der Waals surface area contributed by atoms with E-state index in [0.717, 1.165) is 6.26 Å². The molecular formula is CH5FO2S. The summed E-state index contributed by atoms with van der Waals surface area (Å²) >= 11 is 0. The number of hydrogen-bond donors (Lipinski definition) is 1. The van der Waals surface area contributed by atoms with E-state index in [1.807, 2.05) is 0 Å². The Bertz CT molecular complexity index is 58.0. The van der Waals surface area contributed by atoms with Crippen LogP contribution in [0.15, 0.2) is 0 Å². The van der Waals surface area contributed by atoms with E-state index in [0.29, 0.717) is 0 Å². The minimum absolute atomic E-state index is 0. The third-order valence-corrected chi connectivity index (χ3v) is 0. The van der Waals surface area contributed by atoms with E-state index in [1.54, 1.807) is 0 Å². The van der Waals surface area contributed by atoms with Crippen molar-refractivity contribution in [2.24, 2.45) is 0 Å². The van der Waals surface area contributed by atoms with E-state index in [4.69, 9.17) is 8.42 Å². The second kappa shape index (κ2) is 3.88. The molecule has 0 aliphatic carbocycles. The average molecular weight is 100 g/mol. The summed E-state index contributed by atoms with van der Waals surface area (Å²) in [6.07, 6.45) is 1.12. The van der Waals surface area contributed by atoms with Gasteiger partial charge < -0.3 is 0 Å². The quantitative estimate of drug-likeness (QED) is 0.412. The molecule has 0 aromatic carbocycles. The lowest BCUT2D eigenvalue weighted by atomic mass is 12.0. The monoisotopic (exact) mass is 100.0 g/mol. The largest absolute Gasteiger partial charge is 0.269 e. The van der Waals surface area contributed by atoms with E-state index >= 15 is 0 Å². The Kier molecular flexibility index (Phi) is 6.87. The average Bonchev–Trinajstić information content (AvgIpc) is 0.811. The van der Waals surface area contributed by atoms with Gasteiger partial charge in [-0.25, -0.2) is 8.42 Å². The van der Waals surface area contributed by atoms with E-state index in [1.165, 1.54) is 0 Å². The Morgan fingerprint density at radius 3 is 1.40 bits per heavy atom. The molecule has 0 fully saturated rings. The van der Waals surface area contributed by atoms with Gasteiger partial charge in [0, 0.05) is 6.26 Å². The molecule has 0 aliphatic rings. The summed E-state index contributed by atoms with van der Waals surface area (Å²) in [4.78, 5) is 0. The summed E-state index contributed by atoms with van der Waals surface area (Å²) in [6.45, 7) is 0. The summed E-state index contributed by atoms with van der Waals surface area (Å²) in [6, 6.07) is 0. The van der Waals surface area contributed by atoms with Crippen LogP contribution in [0.4, 0.5) is 4.70 Å². The molecule has 0 heterocycles. The van der Waals surface area contributed by atoms with E-state index in [9.17, 15) is 0 Å². The zero-order valence-corrected chi connectivity index (χ0v) is 3.57. The molecular weight excluding hydrogens is 95.1 g/mol. The molecule has 0 rings (SSSR count). The number of hydrogen-bond acceptors (Lipinski definition) is 2. The lowest BCUT2D eigenvalue weighted by Gasteiger charge is -1.41. The lowest BCUT2D eigenvalue weighted by Crippen LogP contribution is -1.56. The maximum absolute atomic E-state index is 9.04. The van der Waals surface area contributed by atoms with Crippen molar-refractivity contribution < 1.29 is 13.1 Å². The van der Waals surface area contributed by atoms with Crippen molar-refractivity contribution in [3.05, 3.63) is 0 Å². The molecule has 4 heteroatoms. The SMILES string of the molecule is C[SH](=O)=O.F. The predicted octanol–water partition coefficient (Wildman–Crippen LogP) is -0.620. The first-order valence-electron chi connectivity index (χ1n) is 0.812. The van der Waals surface area contributed by atoms with Gasteiger partial charge in [-0.15, -0.1) is 0 Å². The highest BCUT2D eigenvalue weighted by atomic mass is 32.2. The molecule has 34 valence electrons. The molecule has 0 radical (unpaired) electrons. The van der Waals surface area contributed by atoms with Crippen LogP contribution in [0.2, 0.25) is 0 Å².